The standard InChI is InChI=1S/C19H17IN2O4S/c1-12(2)26-17(23)11-22-18(24)16(27-19(22)25)10-15-4-3-9-21(15)14-7-5-13(20)6-8-14/h3-10,12H,11H2,1-2H3. The molecule has 140 valence electrons. The highest BCUT2D eigenvalue weighted by atomic mass is 127. The lowest BCUT2D eigenvalue weighted by molar-refractivity contribution is -0.149. The van der Waals surface area contributed by atoms with Crippen molar-refractivity contribution in [3.05, 3.63) is 56.8 Å². The van der Waals surface area contributed by atoms with Crippen molar-refractivity contribution in [2.45, 2.75) is 20.0 Å². The Morgan fingerprint density at radius 1 is 1.22 bits per heavy atom. The van der Waals surface area contributed by atoms with Crippen LogP contribution in [0.1, 0.15) is 19.5 Å². The Bertz CT molecular complexity index is 918. The van der Waals surface area contributed by atoms with Crippen molar-refractivity contribution < 1.29 is 19.1 Å². The Hall–Kier alpha value is -2.07. The van der Waals surface area contributed by atoms with Crippen LogP contribution in [0.5, 0.6) is 0 Å². The van der Waals surface area contributed by atoms with Gasteiger partial charge in [0.25, 0.3) is 11.1 Å². The molecule has 0 spiro atoms. The number of nitrogens with zero attached hydrogens (tertiary/aromatic N) is 2. The summed E-state index contributed by atoms with van der Waals surface area (Å²) in [6.45, 7) is 3.05. The fraction of sp³-hybridized carbons (Fsp3) is 0.211. The molecule has 8 heteroatoms. The first-order valence-corrected chi connectivity index (χ1v) is 10.1. The molecule has 1 aliphatic rings. The first kappa shape index (κ1) is 19.7. The SMILES string of the molecule is CC(C)OC(=O)CN1C(=O)SC(=Cc2cccn2-c2ccc(I)cc2)C1=O. The van der Waals surface area contributed by atoms with Crippen LogP contribution in [-0.2, 0) is 14.3 Å². The van der Waals surface area contributed by atoms with Crippen LogP contribution >= 0.6 is 34.4 Å². The molecule has 1 aromatic carbocycles. The summed E-state index contributed by atoms with van der Waals surface area (Å²) in [5.74, 6) is -1.09. The number of rotatable bonds is 5. The van der Waals surface area contributed by atoms with Gasteiger partial charge < -0.3 is 9.30 Å². The van der Waals surface area contributed by atoms with Crippen molar-refractivity contribution in [1.29, 1.82) is 0 Å². The maximum absolute atomic E-state index is 12.6. The molecule has 6 nitrogen and oxygen atoms in total. The van der Waals surface area contributed by atoms with Gasteiger partial charge in [-0.2, -0.15) is 0 Å². The van der Waals surface area contributed by atoms with Gasteiger partial charge in [-0.15, -0.1) is 0 Å². The number of hydrogen-bond donors (Lipinski definition) is 0. The average molecular weight is 496 g/mol. The topological polar surface area (TPSA) is 68.6 Å². The summed E-state index contributed by atoms with van der Waals surface area (Å²) in [7, 11) is 0. The first-order valence-electron chi connectivity index (χ1n) is 8.23. The molecule has 0 bridgehead atoms. The highest BCUT2D eigenvalue weighted by molar-refractivity contribution is 14.1. The van der Waals surface area contributed by atoms with Crippen LogP contribution < -0.4 is 0 Å². The quantitative estimate of drug-likeness (QED) is 0.355. The minimum absolute atomic E-state index is 0.280. The third-order valence-corrected chi connectivity index (χ3v) is 5.32. The average Bonchev–Trinajstić information content (AvgIpc) is 3.15. The second kappa shape index (κ2) is 8.30. The molecule has 0 saturated carbocycles. The van der Waals surface area contributed by atoms with Gasteiger partial charge >= 0.3 is 5.97 Å². The number of carbonyl (C=O) groups is 3. The summed E-state index contributed by atoms with van der Waals surface area (Å²) in [4.78, 5) is 37.7. The van der Waals surface area contributed by atoms with E-state index in [0.29, 0.717) is 0 Å². The lowest BCUT2D eigenvalue weighted by Gasteiger charge is -2.13. The minimum Gasteiger partial charge on any atom is -0.462 e. The van der Waals surface area contributed by atoms with E-state index < -0.39 is 17.1 Å². The zero-order valence-corrected chi connectivity index (χ0v) is 17.7. The molecule has 0 atom stereocenters. The van der Waals surface area contributed by atoms with Gasteiger partial charge in [0.05, 0.1) is 11.0 Å². The Morgan fingerprint density at radius 3 is 2.59 bits per heavy atom. The molecule has 2 aromatic rings. The zero-order chi connectivity index (χ0) is 19.6. The van der Waals surface area contributed by atoms with E-state index in [-0.39, 0.29) is 17.6 Å². The molecular weight excluding hydrogens is 479 g/mol. The van der Waals surface area contributed by atoms with Crippen LogP contribution in [0, 0.1) is 3.57 Å². The largest absolute Gasteiger partial charge is 0.462 e. The van der Waals surface area contributed by atoms with Crippen LogP contribution in [0.2, 0.25) is 0 Å². The number of imide groups is 1. The number of carbonyl (C=O) groups excluding carboxylic acids is 3. The fourth-order valence-electron chi connectivity index (χ4n) is 2.55. The van der Waals surface area contributed by atoms with Crippen LogP contribution in [-0.4, -0.2) is 39.2 Å². The maximum atomic E-state index is 12.6. The molecule has 0 aliphatic carbocycles. The van der Waals surface area contributed by atoms with Gasteiger partial charge in [0.15, 0.2) is 0 Å². The molecule has 1 fully saturated rings. The number of esters is 1. The van der Waals surface area contributed by atoms with Crippen molar-refractivity contribution in [2.24, 2.45) is 0 Å². The number of hydrogen-bond acceptors (Lipinski definition) is 5. The van der Waals surface area contributed by atoms with Gasteiger partial charge in [0, 0.05) is 21.1 Å². The van der Waals surface area contributed by atoms with Gasteiger partial charge in [-0.25, -0.2) is 0 Å². The van der Waals surface area contributed by atoms with Crippen LogP contribution in [0.4, 0.5) is 4.79 Å². The van der Waals surface area contributed by atoms with Crippen LogP contribution in [0.25, 0.3) is 11.8 Å². The number of ether oxygens (including phenoxy) is 1. The summed E-state index contributed by atoms with van der Waals surface area (Å²) in [6.07, 6.45) is 3.25. The number of amides is 2. The lowest BCUT2D eigenvalue weighted by atomic mass is 10.3. The lowest BCUT2D eigenvalue weighted by Crippen LogP contribution is -2.35. The number of halogens is 1. The highest BCUT2D eigenvalue weighted by Gasteiger charge is 2.37. The van der Waals surface area contributed by atoms with Gasteiger partial charge in [0.2, 0.25) is 0 Å². The molecule has 2 amide bonds. The van der Waals surface area contributed by atoms with Gasteiger partial charge in [-0.05, 0) is 90.7 Å². The molecule has 1 aliphatic heterocycles. The summed E-state index contributed by atoms with van der Waals surface area (Å²) >= 11 is 3.06. The number of aromatic nitrogens is 1. The summed E-state index contributed by atoms with van der Waals surface area (Å²) < 4.78 is 8.07. The predicted molar refractivity (Wildman–Crippen MR) is 112 cm³/mol. The van der Waals surface area contributed by atoms with E-state index in [4.69, 9.17) is 4.74 Å². The summed E-state index contributed by atoms with van der Waals surface area (Å²) in [5.41, 5.74) is 1.72. The second-order valence-corrected chi connectivity index (χ2v) is 8.32. The third kappa shape index (κ3) is 4.62. The van der Waals surface area contributed by atoms with Gasteiger partial charge in [0.1, 0.15) is 6.54 Å². The third-order valence-electron chi connectivity index (χ3n) is 3.69. The Balaban J connectivity index is 1.82. The molecule has 2 heterocycles. The molecule has 1 saturated heterocycles. The molecule has 1 aromatic heterocycles. The molecule has 3 rings (SSSR count). The second-order valence-electron chi connectivity index (χ2n) is 6.09. The van der Waals surface area contributed by atoms with Gasteiger partial charge in [-0.3, -0.25) is 19.3 Å². The van der Waals surface area contributed by atoms with E-state index in [9.17, 15) is 14.4 Å². The Morgan fingerprint density at radius 2 is 1.93 bits per heavy atom. The minimum atomic E-state index is -0.601. The summed E-state index contributed by atoms with van der Waals surface area (Å²) in [6, 6.07) is 11.7. The Kier molecular flexibility index (Phi) is 6.05. The first-order chi connectivity index (χ1) is 12.8. The maximum Gasteiger partial charge on any atom is 0.326 e. The zero-order valence-electron chi connectivity index (χ0n) is 14.7. The molecule has 0 radical (unpaired) electrons. The Labute approximate surface area is 174 Å². The van der Waals surface area contributed by atoms with Crippen LogP contribution in [0.15, 0.2) is 47.5 Å². The van der Waals surface area contributed by atoms with E-state index >= 15 is 0 Å². The van der Waals surface area contributed by atoms with Gasteiger partial charge in [-0.1, -0.05) is 0 Å². The van der Waals surface area contributed by atoms with Crippen LogP contribution in [0.3, 0.4) is 0 Å². The van der Waals surface area contributed by atoms with E-state index in [2.05, 4.69) is 22.6 Å². The van der Waals surface area contributed by atoms with E-state index in [1.165, 1.54) is 0 Å². The van der Waals surface area contributed by atoms with Crippen molar-refractivity contribution in [3.63, 3.8) is 0 Å². The van der Waals surface area contributed by atoms with Crippen molar-refractivity contribution in [1.82, 2.24) is 9.47 Å². The molecule has 0 unspecified atom stereocenters. The number of thioether (sulfide) groups is 1. The molecular formula is C19H17IN2O4S. The smallest absolute Gasteiger partial charge is 0.326 e. The number of benzene rings is 1. The van der Waals surface area contributed by atoms with E-state index in [1.54, 1.807) is 19.9 Å². The van der Waals surface area contributed by atoms with Crippen molar-refractivity contribution >= 4 is 57.5 Å². The summed E-state index contributed by atoms with van der Waals surface area (Å²) in [5, 5.41) is -0.473. The molecule has 0 N–H and O–H groups in total. The van der Waals surface area contributed by atoms with Crippen molar-refractivity contribution in [2.75, 3.05) is 6.54 Å². The van der Waals surface area contributed by atoms with Crippen molar-refractivity contribution in [3.8, 4) is 5.69 Å². The van der Waals surface area contributed by atoms with E-state index in [0.717, 1.165) is 31.6 Å². The monoisotopic (exact) mass is 496 g/mol. The predicted octanol–water partition coefficient (Wildman–Crippen LogP) is 4.07. The highest BCUT2D eigenvalue weighted by Crippen LogP contribution is 2.32. The fourth-order valence-corrected chi connectivity index (χ4v) is 3.73. The normalized spacial score (nSPS) is 15.9. The van der Waals surface area contributed by atoms with E-state index in [1.807, 2.05) is 47.2 Å². The molecule has 27 heavy (non-hydrogen) atoms.